The fourth-order valence-electron chi connectivity index (χ4n) is 3.92. The highest BCUT2D eigenvalue weighted by Gasteiger charge is 2.26. The number of nitrogens with one attached hydrogen (secondary N) is 1. The normalized spacial score (nSPS) is 16.9. The van der Waals surface area contributed by atoms with Gasteiger partial charge in [0.1, 0.15) is 5.82 Å². The predicted molar refractivity (Wildman–Crippen MR) is 107 cm³/mol. The van der Waals surface area contributed by atoms with E-state index in [2.05, 4.69) is 49.2 Å². The molecule has 1 heterocycles. The van der Waals surface area contributed by atoms with Crippen LogP contribution in [0.3, 0.4) is 0 Å². The number of hydrogen-bond donors (Lipinski definition) is 1. The van der Waals surface area contributed by atoms with E-state index < -0.39 is 0 Å². The molecule has 1 N–H and O–H groups in total. The van der Waals surface area contributed by atoms with E-state index in [0.29, 0.717) is 0 Å². The minimum atomic E-state index is -0.202. The van der Waals surface area contributed by atoms with Crippen molar-refractivity contribution in [2.75, 3.05) is 13.1 Å². The Bertz CT molecular complexity index is 779. The van der Waals surface area contributed by atoms with Gasteiger partial charge in [-0.3, -0.25) is 9.69 Å². The third-order valence-electron chi connectivity index (χ3n) is 5.53. The maximum absolute atomic E-state index is 13.0. The number of aryl methyl sites for hydroxylation is 2. The summed E-state index contributed by atoms with van der Waals surface area (Å²) in [5.41, 5.74) is 4.76. The molecule has 1 atom stereocenters. The molecule has 0 radical (unpaired) electrons. The molecule has 1 aliphatic heterocycles. The number of likely N-dealkylation sites (tertiary alicyclic amines) is 1. The first-order chi connectivity index (χ1) is 12.9. The van der Waals surface area contributed by atoms with Crippen molar-refractivity contribution in [3.63, 3.8) is 0 Å². The van der Waals surface area contributed by atoms with Gasteiger partial charge in [-0.25, -0.2) is 4.39 Å². The third kappa shape index (κ3) is 5.16. The van der Waals surface area contributed by atoms with Crippen LogP contribution < -0.4 is 5.32 Å². The molecule has 27 heavy (non-hydrogen) atoms. The van der Waals surface area contributed by atoms with Crippen molar-refractivity contribution in [3.05, 3.63) is 70.5 Å². The Morgan fingerprint density at radius 2 is 1.81 bits per heavy atom. The molecule has 3 nitrogen and oxygen atoms in total. The topological polar surface area (TPSA) is 32.3 Å². The maximum Gasteiger partial charge on any atom is 0.223 e. The monoisotopic (exact) mass is 368 g/mol. The smallest absolute Gasteiger partial charge is 0.223 e. The van der Waals surface area contributed by atoms with Gasteiger partial charge in [-0.15, -0.1) is 0 Å². The SMILES string of the molecule is Cc1ccc([C@H](C)NC(=O)C2CCN(Cc3ccc(F)cc3)CC2)c(C)c1. The number of nitrogens with zero attached hydrogens (tertiary/aromatic N) is 1. The number of hydrogen-bond acceptors (Lipinski definition) is 2. The van der Waals surface area contributed by atoms with Crippen molar-refractivity contribution >= 4 is 5.91 Å². The van der Waals surface area contributed by atoms with Gasteiger partial charge in [0, 0.05) is 12.5 Å². The first-order valence-corrected chi connectivity index (χ1v) is 9.76. The number of carbonyl (C=O) groups is 1. The summed E-state index contributed by atoms with van der Waals surface area (Å²) in [6.45, 7) is 8.84. The summed E-state index contributed by atoms with van der Waals surface area (Å²) in [4.78, 5) is 15.0. The molecule has 2 aromatic rings. The van der Waals surface area contributed by atoms with Crippen LogP contribution in [0.25, 0.3) is 0 Å². The van der Waals surface area contributed by atoms with Gasteiger partial charge in [-0.2, -0.15) is 0 Å². The number of benzene rings is 2. The Morgan fingerprint density at radius 3 is 2.44 bits per heavy atom. The summed E-state index contributed by atoms with van der Waals surface area (Å²) in [7, 11) is 0. The van der Waals surface area contributed by atoms with E-state index in [1.807, 2.05) is 12.1 Å². The Morgan fingerprint density at radius 1 is 1.15 bits per heavy atom. The molecule has 144 valence electrons. The average Bonchev–Trinajstić information content (AvgIpc) is 2.64. The van der Waals surface area contributed by atoms with Crippen molar-refractivity contribution in [1.82, 2.24) is 10.2 Å². The van der Waals surface area contributed by atoms with Gasteiger partial charge < -0.3 is 5.32 Å². The second-order valence-electron chi connectivity index (χ2n) is 7.77. The first-order valence-electron chi connectivity index (χ1n) is 9.76. The lowest BCUT2D eigenvalue weighted by molar-refractivity contribution is -0.127. The summed E-state index contributed by atoms with van der Waals surface area (Å²) in [6, 6.07) is 13.1. The van der Waals surface area contributed by atoms with Gasteiger partial charge in [-0.1, -0.05) is 35.9 Å². The molecule has 1 saturated heterocycles. The van der Waals surface area contributed by atoms with Crippen LogP contribution in [0.1, 0.15) is 48.1 Å². The van der Waals surface area contributed by atoms with E-state index >= 15 is 0 Å². The Kier molecular flexibility index (Phi) is 6.27. The minimum Gasteiger partial charge on any atom is -0.349 e. The molecule has 0 aromatic heterocycles. The molecule has 1 amide bonds. The molecule has 0 saturated carbocycles. The molecule has 0 spiro atoms. The van der Waals surface area contributed by atoms with Crippen LogP contribution in [-0.2, 0) is 11.3 Å². The Hall–Kier alpha value is -2.20. The van der Waals surface area contributed by atoms with Crippen LogP contribution in [0.15, 0.2) is 42.5 Å². The number of halogens is 1. The zero-order valence-corrected chi connectivity index (χ0v) is 16.5. The van der Waals surface area contributed by atoms with Crippen LogP contribution >= 0.6 is 0 Å². The summed E-state index contributed by atoms with van der Waals surface area (Å²) in [5.74, 6) is 0.0265. The number of amides is 1. The van der Waals surface area contributed by atoms with E-state index in [-0.39, 0.29) is 23.7 Å². The molecule has 0 unspecified atom stereocenters. The van der Waals surface area contributed by atoms with Crippen molar-refractivity contribution in [1.29, 1.82) is 0 Å². The predicted octanol–water partition coefficient (Wildman–Crippen LogP) is 4.53. The highest BCUT2D eigenvalue weighted by atomic mass is 19.1. The molecular weight excluding hydrogens is 339 g/mol. The summed E-state index contributed by atoms with van der Waals surface area (Å²) in [5, 5.41) is 3.20. The van der Waals surface area contributed by atoms with E-state index in [9.17, 15) is 9.18 Å². The van der Waals surface area contributed by atoms with Crippen LogP contribution in [0, 0.1) is 25.6 Å². The van der Waals surface area contributed by atoms with E-state index in [1.54, 1.807) is 0 Å². The standard InChI is InChI=1S/C23H29FN2O/c1-16-4-9-22(17(2)14-16)18(3)25-23(27)20-10-12-26(13-11-20)15-19-5-7-21(24)8-6-19/h4-9,14,18,20H,10-13,15H2,1-3H3,(H,25,27)/t18-/m0/s1. The molecule has 0 aliphatic carbocycles. The lowest BCUT2D eigenvalue weighted by atomic mass is 9.94. The molecule has 0 bridgehead atoms. The third-order valence-corrected chi connectivity index (χ3v) is 5.53. The molecule has 4 heteroatoms. The van der Waals surface area contributed by atoms with Crippen molar-refractivity contribution in [3.8, 4) is 0 Å². The molecule has 1 fully saturated rings. The largest absolute Gasteiger partial charge is 0.349 e. The second-order valence-corrected chi connectivity index (χ2v) is 7.77. The second kappa shape index (κ2) is 8.66. The Balaban J connectivity index is 1.50. The Labute approximate surface area is 161 Å². The van der Waals surface area contributed by atoms with Gasteiger partial charge in [0.05, 0.1) is 6.04 Å². The van der Waals surface area contributed by atoms with Crippen molar-refractivity contribution in [2.24, 2.45) is 5.92 Å². The highest BCUT2D eigenvalue weighted by molar-refractivity contribution is 5.79. The van der Waals surface area contributed by atoms with Crippen molar-refractivity contribution < 1.29 is 9.18 Å². The van der Waals surface area contributed by atoms with E-state index in [4.69, 9.17) is 0 Å². The van der Waals surface area contributed by atoms with Gasteiger partial charge >= 0.3 is 0 Å². The van der Waals surface area contributed by atoms with Gasteiger partial charge in [0.2, 0.25) is 5.91 Å². The first kappa shape index (κ1) is 19.6. The fraction of sp³-hybridized carbons (Fsp3) is 0.435. The fourth-order valence-corrected chi connectivity index (χ4v) is 3.92. The van der Waals surface area contributed by atoms with E-state index in [1.165, 1.54) is 28.8 Å². The summed E-state index contributed by atoms with van der Waals surface area (Å²) >= 11 is 0. The van der Waals surface area contributed by atoms with Crippen LogP contribution in [0.2, 0.25) is 0 Å². The van der Waals surface area contributed by atoms with Gasteiger partial charge in [0.25, 0.3) is 0 Å². The molecule has 2 aromatic carbocycles. The summed E-state index contributed by atoms with van der Waals surface area (Å²) in [6.07, 6.45) is 1.74. The zero-order chi connectivity index (χ0) is 19.4. The average molecular weight is 368 g/mol. The quantitative estimate of drug-likeness (QED) is 0.841. The number of piperidine rings is 1. The van der Waals surface area contributed by atoms with Crippen LogP contribution in [0.4, 0.5) is 4.39 Å². The van der Waals surface area contributed by atoms with Crippen LogP contribution in [-0.4, -0.2) is 23.9 Å². The molecule has 1 aliphatic rings. The highest BCUT2D eigenvalue weighted by Crippen LogP contribution is 2.23. The number of carbonyl (C=O) groups excluding carboxylic acids is 1. The zero-order valence-electron chi connectivity index (χ0n) is 16.5. The lowest BCUT2D eigenvalue weighted by Gasteiger charge is -2.32. The van der Waals surface area contributed by atoms with Crippen LogP contribution in [0.5, 0.6) is 0 Å². The molecular formula is C23H29FN2O. The lowest BCUT2D eigenvalue weighted by Crippen LogP contribution is -2.41. The summed E-state index contributed by atoms with van der Waals surface area (Å²) < 4.78 is 13.0. The van der Waals surface area contributed by atoms with Gasteiger partial charge in [0.15, 0.2) is 0 Å². The minimum absolute atomic E-state index is 0.0235. The van der Waals surface area contributed by atoms with E-state index in [0.717, 1.165) is 38.0 Å². The number of rotatable bonds is 5. The van der Waals surface area contributed by atoms with Crippen molar-refractivity contribution in [2.45, 2.75) is 46.2 Å². The molecule has 3 rings (SSSR count). The van der Waals surface area contributed by atoms with Gasteiger partial charge in [-0.05, 0) is 75.5 Å². The maximum atomic E-state index is 13.0.